The van der Waals surface area contributed by atoms with Gasteiger partial charge in [-0.3, -0.25) is 0 Å². The zero-order valence-electron chi connectivity index (χ0n) is 12.2. The molecule has 0 radical (unpaired) electrons. The van der Waals surface area contributed by atoms with Crippen LogP contribution in [-0.2, 0) is 9.84 Å². The van der Waals surface area contributed by atoms with E-state index in [0.717, 1.165) is 19.3 Å². The molecule has 1 aromatic carbocycles. The Kier molecular flexibility index (Phi) is 7.45. The molecule has 20 heavy (non-hydrogen) atoms. The van der Waals surface area contributed by atoms with Gasteiger partial charge in [0.25, 0.3) is 0 Å². The van der Waals surface area contributed by atoms with Crippen molar-refractivity contribution in [1.82, 2.24) is 0 Å². The van der Waals surface area contributed by atoms with Crippen molar-refractivity contribution in [2.45, 2.75) is 49.2 Å². The third-order valence-corrected chi connectivity index (χ3v) is 5.94. The molecule has 0 saturated carbocycles. The molecule has 0 aliphatic rings. The van der Waals surface area contributed by atoms with Crippen LogP contribution in [0, 0.1) is 0 Å². The lowest BCUT2D eigenvalue weighted by Crippen LogP contribution is -2.22. The lowest BCUT2D eigenvalue weighted by molar-refractivity contribution is 0.414. The van der Waals surface area contributed by atoms with Crippen LogP contribution >= 0.6 is 12.6 Å². The highest BCUT2D eigenvalue weighted by atomic mass is 32.2. The predicted octanol–water partition coefficient (Wildman–Crippen LogP) is 3.74. The zero-order chi connectivity index (χ0) is 15.0. The summed E-state index contributed by atoms with van der Waals surface area (Å²) in [6.07, 6.45) is 4.42. The van der Waals surface area contributed by atoms with Crippen LogP contribution in [0.25, 0.3) is 0 Å². The molecule has 3 nitrogen and oxygen atoms in total. The first kappa shape index (κ1) is 17.4. The Labute approximate surface area is 128 Å². The fourth-order valence-corrected chi connectivity index (χ4v) is 4.47. The second kappa shape index (κ2) is 8.57. The average Bonchev–Trinajstić information content (AvgIpc) is 2.46. The van der Waals surface area contributed by atoms with Crippen LogP contribution in [0.5, 0.6) is 5.75 Å². The third kappa shape index (κ3) is 4.70. The van der Waals surface area contributed by atoms with Gasteiger partial charge in [-0.2, -0.15) is 12.6 Å². The van der Waals surface area contributed by atoms with Crippen molar-refractivity contribution >= 4 is 22.5 Å². The first-order chi connectivity index (χ1) is 9.56. The Morgan fingerprint density at radius 1 is 1.15 bits per heavy atom. The van der Waals surface area contributed by atoms with Crippen molar-refractivity contribution in [1.29, 1.82) is 0 Å². The molecule has 1 unspecified atom stereocenters. The van der Waals surface area contributed by atoms with Crippen molar-refractivity contribution in [2.24, 2.45) is 0 Å². The van der Waals surface area contributed by atoms with E-state index in [0.29, 0.717) is 29.2 Å². The van der Waals surface area contributed by atoms with Gasteiger partial charge in [0, 0.05) is 0 Å². The van der Waals surface area contributed by atoms with Gasteiger partial charge in [0.05, 0.1) is 17.3 Å². The van der Waals surface area contributed by atoms with Gasteiger partial charge < -0.3 is 4.74 Å². The lowest BCUT2D eigenvalue weighted by Gasteiger charge is -2.17. The number of thiol groups is 1. The van der Waals surface area contributed by atoms with Crippen LogP contribution in [0.2, 0.25) is 0 Å². The smallest absolute Gasteiger partial charge is 0.181 e. The van der Waals surface area contributed by atoms with Gasteiger partial charge in [-0.15, -0.1) is 0 Å². The van der Waals surface area contributed by atoms with E-state index in [9.17, 15) is 8.42 Å². The Morgan fingerprint density at radius 3 is 2.30 bits per heavy atom. The van der Waals surface area contributed by atoms with Gasteiger partial charge in [0.2, 0.25) is 0 Å². The lowest BCUT2D eigenvalue weighted by atomic mass is 10.1. The number of rotatable bonds is 9. The van der Waals surface area contributed by atoms with Crippen molar-refractivity contribution in [2.75, 3.05) is 12.9 Å². The minimum absolute atomic E-state index is 0.333. The van der Waals surface area contributed by atoms with Crippen LogP contribution in [0.3, 0.4) is 0 Å². The maximum absolute atomic E-state index is 12.6. The SMILES string of the molecule is CCCCCC(CCS)S(=O)(=O)c1ccc(OC)cc1. The first-order valence-corrected chi connectivity index (χ1v) is 9.23. The Hall–Kier alpha value is -0.680. The molecule has 1 aromatic rings. The van der Waals surface area contributed by atoms with E-state index in [4.69, 9.17) is 4.74 Å². The van der Waals surface area contributed by atoms with Gasteiger partial charge >= 0.3 is 0 Å². The number of ether oxygens (including phenoxy) is 1. The summed E-state index contributed by atoms with van der Waals surface area (Å²) >= 11 is 4.20. The predicted molar refractivity (Wildman–Crippen MR) is 86.6 cm³/mol. The Bertz CT molecular complexity index is 480. The van der Waals surface area contributed by atoms with Crippen molar-refractivity contribution in [3.63, 3.8) is 0 Å². The monoisotopic (exact) mass is 316 g/mol. The van der Waals surface area contributed by atoms with Gasteiger partial charge in [-0.1, -0.05) is 26.2 Å². The largest absolute Gasteiger partial charge is 0.497 e. The molecule has 0 amide bonds. The van der Waals surface area contributed by atoms with Crippen LogP contribution in [0.1, 0.15) is 39.0 Å². The molecule has 1 rings (SSSR count). The first-order valence-electron chi connectivity index (χ1n) is 7.05. The molecule has 1 atom stereocenters. The molecular weight excluding hydrogens is 292 g/mol. The summed E-state index contributed by atoms with van der Waals surface area (Å²) in [5, 5.41) is -0.333. The van der Waals surface area contributed by atoms with Crippen LogP contribution in [0.4, 0.5) is 0 Å². The van der Waals surface area contributed by atoms with Crippen molar-refractivity contribution in [3.05, 3.63) is 24.3 Å². The summed E-state index contributed by atoms with van der Waals surface area (Å²) in [4.78, 5) is 0.376. The van der Waals surface area contributed by atoms with E-state index in [2.05, 4.69) is 19.6 Å². The number of hydrogen-bond donors (Lipinski definition) is 1. The van der Waals surface area contributed by atoms with Crippen molar-refractivity contribution in [3.8, 4) is 5.75 Å². The van der Waals surface area contributed by atoms with Gasteiger partial charge in [-0.25, -0.2) is 8.42 Å². The summed E-state index contributed by atoms with van der Waals surface area (Å²) < 4.78 is 30.3. The second-order valence-corrected chi connectivity index (χ2v) is 7.53. The summed E-state index contributed by atoms with van der Waals surface area (Å²) in [5.41, 5.74) is 0. The topological polar surface area (TPSA) is 43.4 Å². The molecule has 0 aliphatic heterocycles. The highest BCUT2D eigenvalue weighted by Gasteiger charge is 2.26. The summed E-state index contributed by atoms with van der Waals surface area (Å²) in [5.74, 6) is 1.26. The van der Waals surface area contributed by atoms with Gasteiger partial charge in [0.15, 0.2) is 9.84 Å². The minimum atomic E-state index is -3.27. The highest BCUT2D eigenvalue weighted by molar-refractivity contribution is 7.92. The van der Waals surface area contributed by atoms with E-state index in [1.165, 1.54) is 0 Å². The quantitative estimate of drug-likeness (QED) is 0.557. The molecule has 0 aromatic heterocycles. The number of hydrogen-bond acceptors (Lipinski definition) is 4. The number of methoxy groups -OCH3 is 1. The standard InChI is InChI=1S/C15H24O3S2/c1-3-4-5-6-14(11-12-19)20(16,17)15-9-7-13(18-2)8-10-15/h7-10,14,19H,3-6,11-12H2,1-2H3. The molecule has 5 heteroatoms. The van der Waals surface area contributed by atoms with E-state index in [1.54, 1.807) is 31.4 Å². The van der Waals surface area contributed by atoms with Gasteiger partial charge in [0.1, 0.15) is 5.75 Å². The maximum atomic E-state index is 12.6. The molecule has 0 saturated heterocycles. The van der Waals surface area contributed by atoms with Gasteiger partial charge in [-0.05, 0) is 42.9 Å². The van der Waals surface area contributed by atoms with Crippen LogP contribution < -0.4 is 4.74 Å². The van der Waals surface area contributed by atoms with E-state index >= 15 is 0 Å². The average molecular weight is 316 g/mol. The fourth-order valence-electron chi connectivity index (χ4n) is 2.18. The van der Waals surface area contributed by atoms with Crippen LogP contribution in [-0.4, -0.2) is 26.5 Å². The highest BCUT2D eigenvalue weighted by Crippen LogP contribution is 2.25. The normalized spacial score (nSPS) is 13.2. The molecule has 0 heterocycles. The van der Waals surface area contributed by atoms with E-state index in [1.807, 2.05) is 0 Å². The summed E-state index contributed by atoms with van der Waals surface area (Å²) in [6.45, 7) is 2.12. The summed E-state index contributed by atoms with van der Waals surface area (Å²) in [6, 6.07) is 6.63. The number of sulfone groups is 1. The summed E-state index contributed by atoms with van der Waals surface area (Å²) in [7, 11) is -1.71. The Balaban J connectivity index is 2.89. The number of unbranched alkanes of at least 4 members (excludes halogenated alkanes) is 2. The van der Waals surface area contributed by atoms with E-state index in [-0.39, 0.29) is 5.25 Å². The number of benzene rings is 1. The third-order valence-electron chi connectivity index (χ3n) is 3.41. The van der Waals surface area contributed by atoms with E-state index < -0.39 is 9.84 Å². The Morgan fingerprint density at radius 2 is 1.80 bits per heavy atom. The zero-order valence-corrected chi connectivity index (χ0v) is 13.9. The second-order valence-electron chi connectivity index (χ2n) is 4.85. The molecule has 114 valence electrons. The molecule has 0 bridgehead atoms. The molecular formula is C15H24O3S2. The molecule has 0 N–H and O–H groups in total. The van der Waals surface area contributed by atoms with Crippen LogP contribution in [0.15, 0.2) is 29.2 Å². The molecule has 0 fully saturated rings. The minimum Gasteiger partial charge on any atom is -0.497 e. The molecule has 0 spiro atoms. The maximum Gasteiger partial charge on any atom is 0.181 e. The van der Waals surface area contributed by atoms with Crippen molar-refractivity contribution < 1.29 is 13.2 Å². The fraction of sp³-hybridized carbons (Fsp3) is 0.600. The molecule has 0 aliphatic carbocycles.